The van der Waals surface area contributed by atoms with Crippen molar-refractivity contribution in [2.45, 2.75) is 18.1 Å². The molecule has 2 amide bonds. The minimum Gasteiger partial charge on any atom is -0.335 e. The van der Waals surface area contributed by atoms with Crippen molar-refractivity contribution < 1.29 is 4.79 Å². The average molecular weight is 337 g/mol. The zero-order valence-electron chi connectivity index (χ0n) is 13.6. The smallest absolute Gasteiger partial charge is 0.318 e. The van der Waals surface area contributed by atoms with Crippen LogP contribution in [0.25, 0.3) is 0 Å². The van der Waals surface area contributed by atoms with Crippen molar-refractivity contribution in [3.05, 3.63) is 53.6 Å². The molecule has 8 nitrogen and oxygen atoms in total. The van der Waals surface area contributed by atoms with Crippen LogP contribution in [0.5, 0.6) is 0 Å². The molecule has 8 heteroatoms. The number of carbonyl (C=O) groups is 1. The highest BCUT2D eigenvalue weighted by molar-refractivity contribution is 5.79. The van der Waals surface area contributed by atoms with Crippen LogP contribution in [0.2, 0.25) is 0 Å². The molecule has 2 aromatic rings. The quantitative estimate of drug-likeness (QED) is 0.637. The molecule has 0 bridgehead atoms. The average Bonchev–Trinajstić information content (AvgIpc) is 3.27. The molecule has 4 N–H and O–H groups in total. The lowest BCUT2D eigenvalue weighted by Crippen LogP contribution is -2.60. The summed E-state index contributed by atoms with van der Waals surface area (Å²) in [5.41, 5.74) is 9.14. The van der Waals surface area contributed by atoms with E-state index in [1.54, 1.807) is 18.5 Å². The van der Waals surface area contributed by atoms with Crippen LogP contribution in [-0.4, -0.2) is 40.5 Å². The fourth-order valence-electron chi connectivity index (χ4n) is 4.15. The summed E-state index contributed by atoms with van der Waals surface area (Å²) in [6.07, 6.45) is 3.47. The number of piperazine rings is 1. The van der Waals surface area contributed by atoms with Crippen molar-refractivity contribution in [2.75, 3.05) is 25.1 Å². The number of hydrazine groups is 1. The number of nitrogens with zero attached hydrogens (tertiary/aromatic N) is 3. The van der Waals surface area contributed by atoms with Gasteiger partial charge in [-0.1, -0.05) is 12.1 Å². The number of carbonyl (C=O) groups excluding carboxylic acids is 1. The lowest BCUT2D eigenvalue weighted by Gasteiger charge is -2.46. The van der Waals surface area contributed by atoms with Crippen LogP contribution in [0.1, 0.15) is 23.0 Å². The number of rotatable bonds is 2. The minimum atomic E-state index is -0.628. The molecular weight excluding hydrogens is 318 g/mol. The summed E-state index contributed by atoms with van der Waals surface area (Å²) in [7, 11) is 0. The predicted molar refractivity (Wildman–Crippen MR) is 91.5 cm³/mol. The lowest BCUT2D eigenvalue weighted by atomic mass is 9.81. The van der Waals surface area contributed by atoms with E-state index in [4.69, 9.17) is 0 Å². The maximum Gasteiger partial charge on any atom is 0.318 e. The molecule has 2 fully saturated rings. The summed E-state index contributed by atoms with van der Waals surface area (Å²) in [5.74, 6) is 0.664. The van der Waals surface area contributed by atoms with Crippen molar-refractivity contribution >= 4 is 11.7 Å². The van der Waals surface area contributed by atoms with Crippen LogP contribution in [0.4, 0.5) is 10.5 Å². The van der Waals surface area contributed by atoms with Gasteiger partial charge >= 0.3 is 6.03 Å². The first-order chi connectivity index (χ1) is 12.3. The summed E-state index contributed by atoms with van der Waals surface area (Å²) >= 11 is 0. The van der Waals surface area contributed by atoms with E-state index in [-0.39, 0.29) is 12.1 Å². The first-order valence-corrected chi connectivity index (χ1v) is 8.47. The van der Waals surface area contributed by atoms with E-state index in [1.807, 2.05) is 4.90 Å². The van der Waals surface area contributed by atoms with Gasteiger partial charge in [0.1, 0.15) is 5.54 Å². The maximum atomic E-state index is 12.5. The van der Waals surface area contributed by atoms with Crippen LogP contribution in [0.3, 0.4) is 0 Å². The number of hydrogen-bond donors (Lipinski definition) is 4. The largest absolute Gasteiger partial charge is 0.335 e. The zero-order chi connectivity index (χ0) is 16.9. The molecule has 0 aliphatic carbocycles. The second-order valence-corrected chi connectivity index (χ2v) is 6.59. The predicted octanol–water partition coefficient (Wildman–Crippen LogP) is 0.472. The number of benzene rings is 1. The monoisotopic (exact) mass is 337 g/mol. The van der Waals surface area contributed by atoms with Gasteiger partial charge in [0, 0.05) is 32.0 Å². The van der Waals surface area contributed by atoms with Gasteiger partial charge in [-0.2, -0.15) is 0 Å². The van der Waals surface area contributed by atoms with E-state index in [0.717, 1.165) is 24.3 Å². The third kappa shape index (κ3) is 2.04. The van der Waals surface area contributed by atoms with Crippen LogP contribution < -0.4 is 21.5 Å². The highest BCUT2D eigenvalue weighted by Crippen LogP contribution is 2.44. The molecule has 5 rings (SSSR count). The minimum absolute atomic E-state index is 0.0556. The van der Waals surface area contributed by atoms with Gasteiger partial charge in [-0.25, -0.2) is 20.2 Å². The van der Waals surface area contributed by atoms with Gasteiger partial charge in [-0.15, -0.1) is 0 Å². The highest BCUT2D eigenvalue weighted by atomic mass is 16.2. The topological polar surface area (TPSA) is 94.2 Å². The van der Waals surface area contributed by atoms with Crippen molar-refractivity contribution in [1.82, 2.24) is 30.9 Å². The Balaban J connectivity index is 1.65. The molecular formula is C17H19N7O. The van der Waals surface area contributed by atoms with E-state index < -0.39 is 5.54 Å². The van der Waals surface area contributed by atoms with E-state index in [2.05, 4.69) is 49.7 Å². The van der Waals surface area contributed by atoms with Gasteiger partial charge in [0.15, 0.2) is 5.82 Å². The molecule has 128 valence electrons. The molecule has 1 aromatic carbocycles. The molecule has 0 saturated carbocycles. The zero-order valence-corrected chi connectivity index (χ0v) is 13.6. The number of amides is 2. The Kier molecular flexibility index (Phi) is 3.16. The second kappa shape index (κ2) is 5.40. The molecule has 25 heavy (non-hydrogen) atoms. The molecule has 3 aliphatic heterocycles. The Hall–Kier alpha value is -2.71. The van der Waals surface area contributed by atoms with Crippen LogP contribution >= 0.6 is 0 Å². The fourth-order valence-corrected chi connectivity index (χ4v) is 4.15. The van der Waals surface area contributed by atoms with Crippen LogP contribution in [-0.2, 0) is 12.1 Å². The number of urea groups is 1. The molecule has 3 aliphatic rings. The molecule has 0 radical (unpaired) electrons. The number of aromatic nitrogens is 2. The standard InChI is InChI=1S/C17H19N7O/c25-16-21-10-17(15-19-4-1-5-20-15)14(18-6-7-24(16)17)11-2-3-12-9-22-23-13(12)8-11/h1-5,8,14,18,22-23H,6-7,9-10H2,(H,21,25). The molecule has 2 atom stereocenters. The van der Waals surface area contributed by atoms with Crippen molar-refractivity contribution in [2.24, 2.45) is 0 Å². The van der Waals surface area contributed by atoms with Gasteiger partial charge in [0.2, 0.25) is 0 Å². The number of hydrogen-bond acceptors (Lipinski definition) is 6. The van der Waals surface area contributed by atoms with Gasteiger partial charge in [-0.3, -0.25) is 0 Å². The van der Waals surface area contributed by atoms with Crippen LogP contribution in [0, 0.1) is 0 Å². The number of nitrogens with one attached hydrogen (secondary N) is 4. The van der Waals surface area contributed by atoms with Crippen LogP contribution in [0.15, 0.2) is 36.7 Å². The van der Waals surface area contributed by atoms with Crippen molar-refractivity contribution in [3.8, 4) is 0 Å². The lowest BCUT2D eigenvalue weighted by molar-refractivity contribution is 0.0775. The Bertz CT molecular complexity index is 827. The van der Waals surface area contributed by atoms with Gasteiger partial charge < -0.3 is 21.0 Å². The van der Waals surface area contributed by atoms with Crippen molar-refractivity contribution in [1.29, 1.82) is 0 Å². The maximum absolute atomic E-state index is 12.5. The Morgan fingerprint density at radius 3 is 3.00 bits per heavy atom. The number of anilines is 1. The van der Waals surface area contributed by atoms with Crippen molar-refractivity contribution in [3.63, 3.8) is 0 Å². The third-order valence-corrected chi connectivity index (χ3v) is 5.32. The van der Waals surface area contributed by atoms with E-state index in [1.165, 1.54) is 5.56 Å². The van der Waals surface area contributed by atoms with Gasteiger partial charge in [0.25, 0.3) is 0 Å². The summed E-state index contributed by atoms with van der Waals surface area (Å²) < 4.78 is 0. The molecule has 0 spiro atoms. The summed E-state index contributed by atoms with van der Waals surface area (Å²) in [6.45, 7) is 2.66. The SMILES string of the molecule is O=C1NCC2(c3ncccn3)C(c3ccc4c(c3)NNC4)NCCN12. The molecule has 1 aromatic heterocycles. The van der Waals surface area contributed by atoms with E-state index >= 15 is 0 Å². The Labute approximate surface area is 145 Å². The second-order valence-electron chi connectivity index (χ2n) is 6.59. The summed E-state index contributed by atoms with van der Waals surface area (Å²) in [4.78, 5) is 23.3. The Morgan fingerprint density at radius 1 is 1.24 bits per heavy atom. The first-order valence-electron chi connectivity index (χ1n) is 8.47. The first kappa shape index (κ1) is 14.6. The third-order valence-electron chi connectivity index (χ3n) is 5.32. The molecule has 4 heterocycles. The normalized spacial score (nSPS) is 27.4. The summed E-state index contributed by atoms with van der Waals surface area (Å²) in [5, 5.41) is 6.59. The summed E-state index contributed by atoms with van der Waals surface area (Å²) in [6, 6.07) is 8.05. The van der Waals surface area contributed by atoms with Gasteiger partial charge in [0.05, 0.1) is 18.3 Å². The molecule has 2 unspecified atom stereocenters. The molecule has 2 saturated heterocycles. The Morgan fingerprint density at radius 2 is 2.12 bits per heavy atom. The fraction of sp³-hybridized carbons (Fsp3) is 0.353. The van der Waals surface area contributed by atoms with E-state index in [9.17, 15) is 4.79 Å². The van der Waals surface area contributed by atoms with Gasteiger partial charge in [-0.05, 0) is 23.3 Å². The highest BCUT2D eigenvalue weighted by Gasteiger charge is 2.56. The number of fused-ring (bicyclic) bond motifs is 2. The van der Waals surface area contributed by atoms with E-state index in [0.29, 0.717) is 18.9 Å².